The molecule has 0 aliphatic carbocycles. The Bertz CT molecular complexity index is 932. The Kier molecular flexibility index (Phi) is 4.78. The van der Waals surface area contributed by atoms with Crippen molar-refractivity contribution in [1.29, 1.82) is 0 Å². The summed E-state index contributed by atoms with van der Waals surface area (Å²) in [5.41, 5.74) is 1.61. The van der Waals surface area contributed by atoms with Crippen molar-refractivity contribution in [2.45, 2.75) is 19.5 Å². The predicted octanol–water partition coefficient (Wildman–Crippen LogP) is 4.45. The third-order valence-electron chi connectivity index (χ3n) is 5.25. The lowest BCUT2D eigenvalue weighted by atomic mass is 10.2. The van der Waals surface area contributed by atoms with E-state index in [0.29, 0.717) is 48.7 Å². The van der Waals surface area contributed by atoms with Crippen LogP contribution in [-0.4, -0.2) is 40.6 Å². The van der Waals surface area contributed by atoms with E-state index in [0.717, 1.165) is 4.57 Å². The maximum atomic E-state index is 14.0. The van der Waals surface area contributed by atoms with Crippen LogP contribution in [0.4, 0.5) is 18.9 Å². The Morgan fingerprint density at radius 3 is 2.30 bits per heavy atom. The fourth-order valence-corrected chi connectivity index (χ4v) is 3.78. The molecule has 0 unspecified atom stereocenters. The molecule has 2 aromatic carbocycles. The van der Waals surface area contributed by atoms with Gasteiger partial charge in [0.15, 0.2) is 0 Å². The SMILES string of the molecule is C[C@@H](c1nc2ccccc2n1C(F)F)N1CCN(c2ccccc2F)CC1. The van der Waals surface area contributed by atoms with Gasteiger partial charge in [-0.1, -0.05) is 24.3 Å². The van der Waals surface area contributed by atoms with Crippen molar-refractivity contribution < 1.29 is 13.2 Å². The van der Waals surface area contributed by atoms with Crippen LogP contribution in [0.5, 0.6) is 0 Å². The molecule has 0 amide bonds. The van der Waals surface area contributed by atoms with Gasteiger partial charge in [0.1, 0.15) is 11.6 Å². The summed E-state index contributed by atoms with van der Waals surface area (Å²) in [7, 11) is 0. The van der Waals surface area contributed by atoms with Gasteiger partial charge in [0.2, 0.25) is 0 Å². The Labute approximate surface area is 155 Å². The van der Waals surface area contributed by atoms with E-state index < -0.39 is 6.55 Å². The number of halogens is 3. The van der Waals surface area contributed by atoms with E-state index in [4.69, 9.17) is 0 Å². The van der Waals surface area contributed by atoms with Crippen LogP contribution in [0.25, 0.3) is 11.0 Å². The summed E-state index contributed by atoms with van der Waals surface area (Å²) in [5, 5.41) is 0. The van der Waals surface area contributed by atoms with Gasteiger partial charge in [-0.2, -0.15) is 8.78 Å². The first kappa shape index (κ1) is 17.9. The molecule has 27 heavy (non-hydrogen) atoms. The number of nitrogens with zero attached hydrogens (tertiary/aromatic N) is 4. The molecular formula is C20H21F3N4. The molecule has 3 aromatic rings. The first-order valence-corrected chi connectivity index (χ1v) is 9.05. The smallest absolute Gasteiger partial charge is 0.320 e. The van der Waals surface area contributed by atoms with E-state index in [1.54, 1.807) is 36.4 Å². The van der Waals surface area contributed by atoms with Crippen LogP contribution in [0.1, 0.15) is 25.3 Å². The number of hydrogen-bond acceptors (Lipinski definition) is 3. The highest BCUT2D eigenvalue weighted by atomic mass is 19.3. The molecule has 7 heteroatoms. The molecule has 4 rings (SSSR count). The van der Waals surface area contributed by atoms with Crippen LogP contribution >= 0.6 is 0 Å². The van der Waals surface area contributed by atoms with E-state index in [1.165, 1.54) is 6.07 Å². The zero-order valence-corrected chi connectivity index (χ0v) is 15.0. The average Bonchev–Trinajstić information content (AvgIpc) is 3.08. The predicted molar refractivity (Wildman–Crippen MR) is 99.6 cm³/mol. The number of anilines is 1. The molecule has 4 nitrogen and oxygen atoms in total. The molecule has 0 saturated carbocycles. The summed E-state index contributed by atoms with van der Waals surface area (Å²) in [6.45, 7) is 1.85. The van der Waals surface area contributed by atoms with Crippen molar-refractivity contribution in [3.63, 3.8) is 0 Å². The molecule has 2 heterocycles. The first-order chi connectivity index (χ1) is 13.1. The van der Waals surface area contributed by atoms with Crippen LogP contribution in [0.3, 0.4) is 0 Å². The van der Waals surface area contributed by atoms with Crippen molar-refractivity contribution in [3.8, 4) is 0 Å². The average molecular weight is 374 g/mol. The van der Waals surface area contributed by atoms with Crippen molar-refractivity contribution in [2.24, 2.45) is 0 Å². The van der Waals surface area contributed by atoms with Gasteiger partial charge in [0.25, 0.3) is 0 Å². The quantitative estimate of drug-likeness (QED) is 0.674. The molecule has 1 saturated heterocycles. The van der Waals surface area contributed by atoms with Crippen molar-refractivity contribution in [2.75, 3.05) is 31.1 Å². The largest absolute Gasteiger partial charge is 0.367 e. The maximum Gasteiger partial charge on any atom is 0.320 e. The Morgan fingerprint density at radius 1 is 0.926 bits per heavy atom. The number of aromatic nitrogens is 2. The molecule has 142 valence electrons. The van der Waals surface area contributed by atoms with Gasteiger partial charge in [0, 0.05) is 26.2 Å². The number of imidazole rings is 1. The highest BCUT2D eigenvalue weighted by Crippen LogP contribution is 2.30. The molecule has 0 radical (unpaired) electrons. The Balaban J connectivity index is 1.55. The summed E-state index contributed by atoms with van der Waals surface area (Å²) < 4.78 is 42.4. The monoisotopic (exact) mass is 374 g/mol. The Morgan fingerprint density at radius 2 is 1.59 bits per heavy atom. The molecule has 1 aliphatic heterocycles. The number of rotatable bonds is 4. The minimum Gasteiger partial charge on any atom is -0.367 e. The first-order valence-electron chi connectivity index (χ1n) is 9.05. The summed E-state index contributed by atoms with van der Waals surface area (Å²) >= 11 is 0. The van der Waals surface area contributed by atoms with Crippen LogP contribution in [0, 0.1) is 5.82 Å². The lowest BCUT2D eigenvalue weighted by molar-refractivity contribution is 0.0641. The number of benzene rings is 2. The second-order valence-corrected chi connectivity index (χ2v) is 6.76. The van der Waals surface area contributed by atoms with Crippen molar-refractivity contribution in [3.05, 3.63) is 60.2 Å². The molecule has 0 spiro atoms. The van der Waals surface area contributed by atoms with Crippen LogP contribution < -0.4 is 4.90 Å². The third kappa shape index (κ3) is 3.27. The third-order valence-corrected chi connectivity index (χ3v) is 5.25. The second-order valence-electron chi connectivity index (χ2n) is 6.76. The number of hydrogen-bond donors (Lipinski definition) is 0. The van der Waals surface area contributed by atoms with Gasteiger partial charge in [-0.15, -0.1) is 0 Å². The lowest BCUT2D eigenvalue weighted by Crippen LogP contribution is -2.47. The maximum absolute atomic E-state index is 14.0. The summed E-state index contributed by atoms with van der Waals surface area (Å²) in [6.07, 6.45) is 0. The van der Waals surface area contributed by atoms with E-state index in [2.05, 4.69) is 9.88 Å². The van der Waals surface area contributed by atoms with E-state index in [9.17, 15) is 13.2 Å². The highest BCUT2D eigenvalue weighted by molar-refractivity contribution is 5.76. The molecule has 1 fully saturated rings. The molecule has 0 N–H and O–H groups in total. The number of alkyl halides is 2. The normalized spacial score (nSPS) is 17.0. The van der Waals surface area contributed by atoms with Gasteiger partial charge >= 0.3 is 6.55 Å². The summed E-state index contributed by atoms with van der Waals surface area (Å²) in [5.74, 6) is 0.129. The van der Waals surface area contributed by atoms with Gasteiger partial charge in [-0.3, -0.25) is 9.47 Å². The van der Waals surface area contributed by atoms with Crippen LogP contribution in [-0.2, 0) is 0 Å². The van der Waals surface area contributed by atoms with Crippen LogP contribution in [0.15, 0.2) is 48.5 Å². The number of piperazine rings is 1. The van der Waals surface area contributed by atoms with Crippen LogP contribution in [0.2, 0.25) is 0 Å². The summed E-state index contributed by atoms with van der Waals surface area (Å²) in [4.78, 5) is 8.59. The van der Waals surface area contributed by atoms with Gasteiger partial charge in [-0.05, 0) is 31.2 Å². The van der Waals surface area contributed by atoms with Gasteiger partial charge < -0.3 is 4.90 Å². The second kappa shape index (κ2) is 7.23. The topological polar surface area (TPSA) is 24.3 Å². The summed E-state index contributed by atoms with van der Waals surface area (Å²) in [6, 6.07) is 13.4. The van der Waals surface area contributed by atoms with Crippen molar-refractivity contribution >= 4 is 16.7 Å². The molecule has 1 atom stereocenters. The van der Waals surface area contributed by atoms with Gasteiger partial charge in [0.05, 0.1) is 22.8 Å². The van der Waals surface area contributed by atoms with E-state index in [-0.39, 0.29) is 11.9 Å². The van der Waals surface area contributed by atoms with Gasteiger partial charge in [-0.25, -0.2) is 9.37 Å². The zero-order valence-electron chi connectivity index (χ0n) is 15.0. The molecule has 1 aromatic heterocycles. The molecular weight excluding hydrogens is 353 g/mol. The van der Waals surface area contributed by atoms with Crippen molar-refractivity contribution in [1.82, 2.24) is 14.5 Å². The molecule has 0 bridgehead atoms. The zero-order chi connectivity index (χ0) is 19.0. The Hall–Kier alpha value is -2.54. The van der Waals surface area contributed by atoms with E-state index in [1.807, 2.05) is 17.9 Å². The highest BCUT2D eigenvalue weighted by Gasteiger charge is 2.28. The number of para-hydroxylation sites is 3. The number of fused-ring (bicyclic) bond motifs is 1. The minimum absolute atomic E-state index is 0.238. The standard InChI is InChI=1S/C20H21F3N4/c1-14(19-24-16-7-3-5-9-18(16)27(19)20(22)23)25-10-12-26(13-11-25)17-8-4-2-6-15(17)21/h2-9,14,20H,10-13H2,1H3/t14-/m0/s1. The minimum atomic E-state index is -2.64. The fraction of sp³-hybridized carbons (Fsp3) is 0.350. The molecule has 1 aliphatic rings. The fourth-order valence-electron chi connectivity index (χ4n) is 3.78. The van der Waals surface area contributed by atoms with E-state index >= 15 is 0 Å². The lowest BCUT2D eigenvalue weighted by Gasteiger charge is -2.39.